The lowest BCUT2D eigenvalue weighted by molar-refractivity contribution is 0.0985. The summed E-state index contributed by atoms with van der Waals surface area (Å²) in [6.45, 7) is 2.42. The molecule has 31 heavy (non-hydrogen) atoms. The maximum atomic E-state index is 13.2. The summed E-state index contributed by atoms with van der Waals surface area (Å²) in [6.07, 6.45) is 3.89. The lowest BCUT2D eigenvalue weighted by Gasteiger charge is -2.22. The van der Waals surface area contributed by atoms with Crippen LogP contribution in [0.5, 0.6) is 5.75 Å². The number of nitrogens with one attached hydrogen (secondary N) is 1. The molecule has 1 heterocycles. The summed E-state index contributed by atoms with van der Waals surface area (Å²) in [5.74, 6) is 0.459. The summed E-state index contributed by atoms with van der Waals surface area (Å²) in [4.78, 5) is 29.5. The molecule has 6 heteroatoms. The molecule has 0 aliphatic carbocycles. The number of anilines is 2. The van der Waals surface area contributed by atoms with E-state index in [1.165, 1.54) is 11.8 Å². The average molecular weight is 431 g/mol. The van der Waals surface area contributed by atoms with Crippen molar-refractivity contribution in [2.45, 2.75) is 16.7 Å². The van der Waals surface area contributed by atoms with Crippen LogP contribution < -0.4 is 15.0 Å². The molecule has 0 saturated heterocycles. The number of ether oxygens (including phenoxy) is 1. The molecule has 3 aromatic rings. The van der Waals surface area contributed by atoms with Crippen LogP contribution in [0, 0.1) is 0 Å². The molecule has 1 aliphatic heterocycles. The Labute approximate surface area is 185 Å². The Hall–Kier alpha value is -3.51. The third-order valence-electron chi connectivity index (χ3n) is 4.97. The molecule has 0 atom stereocenters. The number of methoxy groups -OCH3 is 1. The summed E-state index contributed by atoms with van der Waals surface area (Å²) in [7, 11) is 1.59. The van der Waals surface area contributed by atoms with E-state index in [0.717, 1.165) is 15.5 Å². The Morgan fingerprint density at radius 1 is 1.06 bits per heavy atom. The fourth-order valence-corrected chi connectivity index (χ4v) is 4.46. The Bertz CT molecular complexity index is 1160. The van der Waals surface area contributed by atoms with Gasteiger partial charge in [0.1, 0.15) is 5.75 Å². The number of hydrogen-bond acceptors (Lipinski definition) is 4. The number of fused-ring (bicyclic) bond motifs is 2. The normalized spacial score (nSPS) is 12.8. The first-order valence-electron chi connectivity index (χ1n) is 9.90. The number of hydrogen-bond donors (Lipinski definition) is 1. The molecular formula is C25H22N2O3S. The largest absolute Gasteiger partial charge is 0.497 e. The second kappa shape index (κ2) is 9.10. The van der Waals surface area contributed by atoms with Gasteiger partial charge in [0.15, 0.2) is 0 Å². The van der Waals surface area contributed by atoms with E-state index in [4.69, 9.17) is 4.74 Å². The number of allylic oxidation sites excluding steroid dienone is 1. The molecule has 5 nitrogen and oxygen atoms in total. The smallest absolute Gasteiger partial charge is 0.259 e. The minimum atomic E-state index is -0.205. The monoisotopic (exact) mass is 430 g/mol. The Balaban J connectivity index is 1.67. The molecule has 1 aliphatic rings. The zero-order chi connectivity index (χ0) is 21.8. The third-order valence-corrected chi connectivity index (χ3v) is 6.09. The molecule has 0 aromatic heterocycles. The van der Waals surface area contributed by atoms with Crippen LogP contribution in [0.25, 0.3) is 0 Å². The maximum absolute atomic E-state index is 13.2. The van der Waals surface area contributed by atoms with Crippen LogP contribution in [0.2, 0.25) is 0 Å². The van der Waals surface area contributed by atoms with E-state index < -0.39 is 0 Å². The molecular weight excluding hydrogens is 408 g/mol. The molecule has 0 unspecified atom stereocenters. The first kappa shape index (κ1) is 20.8. The van der Waals surface area contributed by atoms with Crippen molar-refractivity contribution >= 4 is 35.0 Å². The first-order chi connectivity index (χ1) is 15.1. The van der Waals surface area contributed by atoms with Crippen LogP contribution in [0.4, 0.5) is 11.4 Å². The Morgan fingerprint density at radius 3 is 2.58 bits per heavy atom. The van der Waals surface area contributed by atoms with Crippen molar-refractivity contribution in [3.8, 4) is 5.75 Å². The predicted octanol–water partition coefficient (Wildman–Crippen LogP) is 5.64. The predicted molar refractivity (Wildman–Crippen MR) is 124 cm³/mol. The lowest BCUT2D eigenvalue weighted by Crippen LogP contribution is -2.31. The van der Waals surface area contributed by atoms with Crippen LogP contribution in [0.1, 0.15) is 27.6 Å². The molecule has 156 valence electrons. The highest BCUT2D eigenvalue weighted by Crippen LogP contribution is 2.42. The van der Waals surface area contributed by atoms with Crippen LogP contribution in [0.3, 0.4) is 0 Å². The van der Waals surface area contributed by atoms with Crippen molar-refractivity contribution in [2.75, 3.05) is 23.9 Å². The average Bonchev–Trinajstić information content (AvgIpc) is 2.91. The molecule has 2 amide bonds. The second-order valence-electron chi connectivity index (χ2n) is 6.95. The zero-order valence-corrected chi connectivity index (χ0v) is 18.1. The number of carbonyl (C=O) groups excluding carboxylic acids is 2. The van der Waals surface area contributed by atoms with Gasteiger partial charge in [0.2, 0.25) is 0 Å². The molecule has 4 rings (SSSR count). The van der Waals surface area contributed by atoms with Crippen molar-refractivity contribution in [3.05, 3.63) is 90.0 Å². The summed E-state index contributed by atoms with van der Waals surface area (Å²) in [5, 5.41) is 2.95. The molecule has 0 fully saturated rings. The Morgan fingerprint density at radius 2 is 1.84 bits per heavy atom. The third kappa shape index (κ3) is 4.34. The van der Waals surface area contributed by atoms with Gasteiger partial charge in [0.05, 0.1) is 18.4 Å². The minimum Gasteiger partial charge on any atom is -0.497 e. The van der Waals surface area contributed by atoms with Crippen molar-refractivity contribution < 1.29 is 14.3 Å². The van der Waals surface area contributed by atoms with Crippen LogP contribution >= 0.6 is 11.8 Å². The second-order valence-corrected chi connectivity index (χ2v) is 8.03. The summed E-state index contributed by atoms with van der Waals surface area (Å²) >= 11 is 1.53. The number of amides is 2. The summed E-state index contributed by atoms with van der Waals surface area (Å²) < 4.78 is 5.15. The maximum Gasteiger partial charge on any atom is 0.259 e. The van der Waals surface area contributed by atoms with E-state index in [-0.39, 0.29) is 11.8 Å². The fourth-order valence-electron chi connectivity index (χ4n) is 3.34. The van der Waals surface area contributed by atoms with E-state index in [9.17, 15) is 9.59 Å². The van der Waals surface area contributed by atoms with Gasteiger partial charge in [-0.05, 0) is 61.5 Å². The fraction of sp³-hybridized carbons (Fsp3) is 0.120. The van der Waals surface area contributed by atoms with Crippen LogP contribution in [-0.2, 0) is 0 Å². The molecule has 0 radical (unpaired) electrons. The Kier molecular flexibility index (Phi) is 6.09. The van der Waals surface area contributed by atoms with Gasteiger partial charge in [0, 0.05) is 27.6 Å². The van der Waals surface area contributed by atoms with Gasteiger partial charge in [-0.3, -0.25) is 9.59 Å². The number of benzene rings is 3. The van der Waals surface area contributed by atoms with Crippen molar-refractivity contribution in [1.82, 2.24) is 0 Å². The van der Waals surface area contributed by atoms with Gasteiger partial charge < -0.3 is 15.0 Å². The molecule has 1 N–H and O–H groups in total. The van der Waals surface area contributed by atoms with Gasteiger partial charge in [0.25, 0.3) is 11.8 Å². The van der Waals surface area contributed by atoms with Gasteiger partial charge in [-0.15, -0.1) is 0 Å². The quantitative estimate of drug-likeness (QED) is 0.533. The van der Waals surface area contributed by atoms with Gasteiger partial charge >= 0.3 is 0 Å². The SMILES string of the molecule is C/C=C/CN1C(=O)c2ccccc2Sc2cc(NC(=O)c3ccc(OC)cc3)ccc21. The van der Waals surface area contributed by atoms with E-state index in [0.29, 0.717) is 29.1 Å². The molecule has 0 spiro atoms. The van der Waals surface area contributed by atoms with Crippen molar-refractivity contribution in [1.29, 1.82) is 0 Å². The molecule has 3 aromatic carbocycles. The highest BCUT2D eigenvalue weighted by atomic mass is 32.2. The van der Waals surface area contributed by atoms with E-state index in [1.54, 1.807) is 36.3 Å². The number of nitrogens with zero attached hydrogens (tertiary/aromatic N) is 1. The highest BCUT2D eigenvalue weighted by Gasteiger charge is 2.26. The minimum absolute atomic E-state index is 0.0324. The summed E-state index contributed by atoms with van der Waals surface area (Å²) in [6, 6.07) is 20.2. The van der Waals surface area contributed by atoms with E-state index in [1.807, 2.05) is 61.5 Å². The number of carbonyl (C=O) groups is 2. The molecule has 0 bridgehead atoms. The summed E-state index contributed by atoms with van der Waals surface area (Å²) in [5.41, 5.74) is 2.72. The standard InChI is InChI=1S/C25H22N2O3S/c1-3-4-15-27-21-14-11-18(26-24(28)17-9-12-19(30-2)13-10-17)16-23(21)31-22-8-6-5-7-20(22)25(27)29/h3-14,16H,15H2,1-2H3,(H,26,28)/b4-3+. The topological polar surface area (TPSA) is 58.6 Å². The van der Waals surface area contributed by atoms with Gasteiger partial charge in [-0.2, -0.15) is 0 Å². The van der Waals surface area contributed by atoms with Gasteiger partial charge in [-0.25, -0.2) is 0 Å². The van der Waals surface area contributed by atoms with Crippen molar-refractivity contribution in [2.24, 2.45) is 0 Å². The van der Waals surface area contributed by atoms with Crippen LogP contribution in [0.15, 0.2) is 88.7 Å². The lowest BCUT2D eigenvalue weighted by atomic mass is 10.1. The van der Waals surface area contributed by atoms with E-state index in [2.05, 4.69) is 5.32 Å². The first-order valence-corrected chi connectivity index (χ1v) is 10.7. The number of rotatable bonds is 5. The molecule has 0 saturated carbocycles. The van der Waals surface area contributed by atoms with E-state index >= 15 is 0 Å². The highest BCUT2D eigenvalue weighted by molar-refractivity contribution is 7.99. The van der Waals surface area contributed by atoms with Crippen molar-refractivity contribution in [3.63, 3.8) is 0 Å². The zero-order valence-electron chi connectivity index (χ0n) is 17.3. The van der Waals surface area contributed by atoms with Gasteiger partial charge in [-0.1, -0.05) is 36.0 Å². The van der Waals surface area contributed by atoms with Crippen LogP contribution in [-0.4, -0.2) is 25.5 Å².